The Balaban J connectivity index is 3.48. The van der Waals surface area contributed by atoms with Crippen molar-refractivity contribution in [1.29, 1.82) is 0 Å². The van der Waals surface area contributed by atoms with Crippen LogP contribution in [0.25, 0.3) is 0 Å². The van der Waals surface area contributed by atoms with Gasteiger partial charge in [0.05, 0.1) is 5.56 Å². The molecule has 92 valence electrons. The Bertz CT molecular complexity index is 482. The summed E-state index contributed by atoms with van der Waals surface area (Å²) >= 11 is 0. The molecule has 7 nitrogen and oxygen atoms in total. The normalized spacial score (nSPS) is 9.94. The minimum absolute atomic E-state index is 0.250. The fourth-order valence-electron chi connectivity index (χ4n) is 1.30. The van der Waals surface area contributed by atoms with E-state index in [0.29, 0.717) is 0 Å². The number of carboxylic acids is 1. The van der Waals surface area contributed by atoms with Crippen LogP contribution in [0.1, 0.15) is 27.6 Å². The zero-order chi connectivity index (χ0) is 13.2. The van der Waals surface area contributed by atoms with Crippen LogP contribution in [0.5, 0.6) is 17.2 Å². The molecule has 17 heavy (non-hydrogen) atoms. The predicted octanol–water partition coefficient (Wildman–Crippen LogP) is 0.251. The highest BCUT2D eigenvalue weighted by Gasteiger charge is 2.25. The van der Waals surface area contributed by atoms with E-state index in [2.05, 4.69) is 5.32 Å². The average molecular weight is 241 g/mol. The third-order valence-electron chi connectivity index (χ3n) is 2.05. The van der Waals surface area contributed by atoms with Gasteiger partial charge in [0.1, 0.15) is 5.56 Å². The van der Waals surface area contributed by atoms with Gasteiger partial charge in [-0.1, -0.05) is 0 Å². The van der Waals surface area contributed by atoms with Gasteiger partial charge in [-0.15, -0.1) is 0 Å². The van der Waals surface area contributed by atoms with E-state index in [0.717, 1.165) is 6.07 Å². The Hall–Kier alpha value is -2.44. The number of hydrogen-bond donors (Lipinski definition) is 5. The summed E-state index contributed by atoms with van der Waals surface area (Å²) in [5.41, 5.74) is -1.18. The first-order valence-electron chi connectivity index (χ1n) is 4.69. The predicted molar refractivity (Wildman–Crippen MR) is 56.4 cm³/mol. The molecule has 0 heterocycles. The number of carboxylic acid groups (broad SMARTS) is 1. The molecular formula is C10H11NO6. The van der Waals surface area contributed by atoms with Gasteiger partial charge >= 0.3 is 5.97 Å². The van der Waals surface area contributed by atoms with Crippen molar-refractivity contribution in [3.8, 4) is 17.2 Å². The lowest BCUT2D eigenvalue weighted by molar-refractivity contribution is 0.0686. The molecule has 7 heteroatoms. The molecule has 1 aromatic rings. The van der Waals surface area contributed by atoms with Crippen LogP contribution in [0.15, 0.2) is 6.07 Å². The second-order valence-corrected chi connectivity index (χ2v) is 3.18. The SMILES string of the molecule is CCNC(=O)c1cc(O)c(O)c(O)c1C(=O)O. The van der Waals surface area contributed by atoms with E-state index in [1.807, 2.05) is 0 Å². The van der Waals surface area contributed by atoms with Crippen LogP contribution in [-0.4, -0.2) is 38.8 Å². The number of benzene rings is 1. The van der Waals surface area contributed by atoms with Crippen molar-refractivity contribution in [2.45, 2.75) is 6.92 Å². The van der Waals surface area contributed by atoms with Gasteiger partial charge in [-0.25, -0.2) is 4.79 Å². The van der Waals surface area contributed by atoms with Crippen LogP contribution in [0.2, 0.25) is 0 Å². The molecule has 1 aromatic carbocycles. The molecule has 0 saturated carbocycles. The van der Waals surface area contributed by atoms with Gasteiger partial charge in [0.2, 0.25) is 5.75 Å². The summed E-state index contributed by atoms with van der Waals surface area (Å²) in [6.45, 7) is 1.87. The van der Waals surface area contributed by atoms with Crippen molar-refractivity contribution in [3.63, 3.8) is 0 Å². The summed E-state index contributed by atoms with van der Waals surface area (Å²) in [5, 5.41) is 38.9. The zero-order valence-corrected chi connectivity index (χ0v) is 8.89. The topological polar surface area (TPSA) is 127 Å². The first kappa shape index (κ1) is 12.6. The fraction of sp³-hybridized carbons (Fsp3) is 0.200. The molecule has 0 saturated heterocycles. The number of phenols is 3. The van der Waals surface area contributed by atoms with Gasteiger partial charge in [0.25, 0.3) is 5.91 Å². The molecule has 0 spiro atoms. The van der Waals surface area contributed by atoms with Crippen molar-refractivity contribution in [2.75, 3.05) is 6.54 Å². The number of rotatable bonds is 3. The summed E-state index contributed by atoms with van der Waals surface area (Å²) in [6, 6.07) is 0.781. The number of nitrogens with one attached hydrogen (secondary N) is 1. The van der Waals surface area contributed by atoms with Crippen molar-refractivity contribution < 1.29 is 30.0 Å². The van der Waals surface area contributed by atoms with Gasteiger partial charge in [-0.2, -0.15) is 0 Å². The molecule has 0 fully saturated rings. The minimum atomic E-state index is -1.58. The van der Waals surface area contributed by atoms with Gasteiger partial charge in [0.15, 0.2) is 11.5 Å². The third kappa shape index (κ3) is 2.22. The van der Waals surface area contributed by atoms with E-state index in [1.54, 1.807) is 6.92 Å². The van der Waals surface area contributed by atoms with Crippen molar-refractivity contribution in [2.24, 2.45) is 0 Å². The number of amides is 1. The second-order valence-electron chi connectivity index (χ2n) is 3.18. The van der Waals surface area contributed by atoms with Crippen LogP contribution in [0, 0.1) is 0 Å². The second kappa shape index (κ2) is 4.60. The fourth-order valence-corrected chi connectivity index (χ4v) is 1.30. The largest absolute Gasteiger partial charge is 0.504 e. The maximum atomic E-state index is 11.5. The van der Waals surface area contributed by atoms with Crippen molar-refractivity contribution in [1.82, 2.24) is 5.32 Å². The molecular weight excluding hydrogens is 230 g/mol. The molecule has 0 aliphatic heterocycles. The first-order valence-corrected chi connectivity index (χ1v) is 4.69. The number of hydrogen-bond acceptors (Lipinski definition) is 5. The van der Waals surface area contributed by atoms with E-state index in [1.165, 1.54) is 0 Å². The van der Waals surface area contributed by atoms with Crippen LogP contribution in [0.3, 0.4) is 0 Å². The monoisotopic (exact) mass is 241 g/mol. The summed E-state index contributed by atoms with van der Waals surface area (Å²) in [7, 11) is 0. The molecule has 0 aliphatic carbocycles. The molecule has 5 N–H and O–H groups in total. The maximum absolute atomic E-state index is 11.5. The van der Waals surface area contributed by atoms with Gasteiger partial charge in [0, 0.05) is 6.54 Å². The van der Waals surface area contributed by atoms with Crippen LogP contribution in [0.4, 0.5) is 0 Å². The number of carbonyl (C=O) groups excluding carboxylic acids is 1. The van der Waals surface area contributed by atoms with E-state index >= 15 is 0 Å². The van der Waals surface area contributed by atoms with Gasteiger partial charge < -0.3 is 25.7 Å². The molecule has 1 amide bonds. The molecule has 0 unspecified atom stereocenters. The Morgan fingerprint density at radius 2 is 1.82 bits per heavy atom. The van der Waals surface area contributed by atoms with E-state index in [4.69, 9.17) is 5.11 Å². The number of carbonyl (C=O) groups is 2. The molecule has 0 radical (unpaired) electrons. The summed E-state index contributed by atoms with van der Waals surface area (Å²) < 4.78 is 0. The molecule has 1 rings (SSSR count). The summed E-state index contributed by atoms with van der Waals surface area (Å²) in [6.07, 6.45) is 0. The minimum Gasteiger partial charge on any atom is -0.504 e. The van der Waals surface area contributed by atoms with Crippen LogP contribution in [-0.2, 0) is 0 Å². The number of phenolic OH excluding ortho intramolecular Hbond substituents is 2. The Kier molecular flexibility index (Phi) is 3.42. The summed E-state index contributed by atoms with van der Waals surface area (Å²) in [4.78, 5) is 22.4. The number of aromatic hydroxyl groups is 3. The average Bonchev–Trinajstić information content (AvgIpc) is 2.25. The number of aromatic carboxylic acids is 1. The quantitative estimate of drug-likeness (QED) is 0.483. The Labute approximate surface area is 95.9 Å². The summed E-state index contributed by atoms with van der Waals surface area (Å²) in [5.74, 6) is -5.14. The smallest absolute Gasteiger partial charge is 0.340 e. The highest BCUT2D eigenvalue weighted by molar-refractivity contribution is 6.07. The van der Waals surface area contributed by atoms with Gasteiger partial charge in [-0.05, 0) is 13.0 Å². The standard InChI is InChI=1S/C10H11NO6/c1-2-11-9(15)4-3-5(12)7(13)8(14)6(4)10(16)17/h3,12-14H,2H2,1H3,(H,11,15)(H,16,17). The zero-order valence-electron chi connectivity index (χ0n) is 8.89. The maximum Gasteiger partial charge on any atom is 0.340 e. The van der Waals surface area contributed by atoms with Crippen molar-refractivity contribution >= 4 is 11.9 Å². The molecule has 0 bridgehead atoms. The Morgan fingerprint density at radius 1 is 1.24 bits per heavy atom. The molecule has 0 aliphatic rings. The first-order chi connectivity index (χ1) is 7.90. The van der Waals surface area contributed by atoms with E-state index < -0.39 is 40.3 Å². The van der Waals surface area contributed by atoms with Crippen LogP contribution >= 0.6 is 0 Å². The lowest BCUT2D eigenvalue weighted by atomic mass is 10.0. The van der Waals surface area contributed by atoms with E-state index in [9.17, 15) is 24.9 Å². The molecule has 0 atom stereocenters. The highest BCUT2D eigenvalue weighted by Crippen LogP contribution is 2.39. The van der Waals surface area contributed by atoms with Crippen LogP contribution < -0.4 is 5.32 Å². The third-order valence-corrected chi connectivity index (χ3v) is 2.05. The molecule has 0 aromatic heterocycles. The lowest BCUT2D eigenvalue weighted by Gasteiger charge is -2.10. The van der Waals surface area contributed by atoms with E-state index in [-0.39, 0.29) is 6.54 Å². The lowest BCUT2D eigenvalue weighted by Crippen LogP contribution is -2.25. The Morgan fingerprint density at radius 3 is 2.29 bits per heavy atom. The highest BCUT2D eigenvalue weighted by atomic mass is 16.4. The van der Waals surface area contributed by atoms with Crippen molar-refractivity contribution in [3.05, 3.63) is 17.2 Å². The van der Waals surface area contributed by atoms with Gasteiger partial charge in [-0.3, -0.25) is 4.79 Å².